The molecule has 142 valence electrons. The van der Waals surface area contributed by atoms with Crippen molar-refractivity contribution in [3.8, 4) is 0 Å². The SMILES string of the molecule is Cc1ccc(N2CCN(CC(=O)N3CCN(C4CCC4)CC3)CC2)nc1. The summed E-state index contributed by atoms with van der Waals surface area (Å²) >= 11 is 0. The van der Waals surface area contributed by atoms with Gasteiger partial charge in [-0.3, -0.25) is 14.6 Å². The molecule has 3 heterocycles. The summed E-state index contributed by atoms with van der Waals surface area (Å²) in [5.74, 6) is 1.36. The molecule has 1 aromatic rings. The van der Waals surface area contributed by atoms with Crippen molar-refractivity contribution in [1.82, 2.24) is 19.7 Å². The highest BCUT2D eigenvalue weighted by Crippen LogP contribution is 2.25. The van der Waals surface area contributed by atoms with Gasteiger partial charge in [-0.25, -0.2) is 4.98 Å². The summed E-state index contributed by atoms with van der Waals surface area (Å²) in [6.07, 6.45) is 6.02. The van der Waals surface area contributed by atoms with Crippen LogP contribution in [0.2, 0.25) is 0 Å². The van der Waals surface area contributed by atoms with Crippen molar-refractivity contribution in [2.75, 3.05) is 63.8 Å². The molecule has 6 heteroatoms. The first-order valence-corrected chi connectivity index (χ1v) is 10.1. The van der Waals surface area contributed by atoms with Crippen molar-refractivity contribution in [3.63, 3.8) is 0 Å². The number of hydrogen-bond donors (Lipinski definition) is 0. The van der Waals surface area contributed by atoms with Gasteiger partial charge in [0.1, 0.15) is 5.82 Å². The second-order valence-electron chi connectivity index (χ2n) is 7.96. The van der Waals surface area contributed by atoms with Gasteiger partial charge in [-0.1, -0.05) is 12.5 Å². The van der Waals surface area contributed by atoms with Gasteiger partial charge in [-0.05, 0) is 31.4 Å². The third kappa shape index (κ3) is 4.01. The van der Waals surface area contributed by atoms with Gasteiger partial charge in [-0.2, -0.15) is 0 Å². The standard InChI is InChI=1S/C20H31N5O/c1-17-5-6-19(21-15-17)24-9-7-22(8-10-24)16-20(26)25-13-11-23(12-14-25)18-3-2-4-18/h5-6,15,18H,2-4,7-14,16H2,1H3. The van der Waals surface area contributed by atoms with Gasteiger partial charge in [0.05, 0.1) is 6.54 Å². The van der Waals surface area contributed by atoms with Crippen molar-refractivity contribution in [2.24, 2.45) is 0 Å². The van der Waals surface area contributed by atoms with E-state index in [-0.39, 0.29) is 0 Å². The van der Waals surface area contributed by atoms with Gasteiger partial charge in [0, 0.05) is 64.6 Å². The van der Waals surface area contributed by atoms with Crippen LogP contribution in [0.15, 0.2) is 18.3 Å². The number of carbonyl (C=O) groups is 1. The van der Waals surface area contributed by atoms with Gasteiger partial charge in [0.15, 0.2) is 0 Å². The predicted octanol–water partition coefficient (Wildman–Crippen LogP) is 1.21. The lowest BCUT2D eigenvalue weighted by Gasteiger charge is -2.43. The molecule has 0 bridgehead atoms. The molecule has 1 aliphatic carbocycles. The molecular formula is C20H31N5O. The zero-order valence-electron chi connectivity index (χ0n) is 15.9. The molecule has 3 fully saturated rings. The number of anilines is 1. The lowest BCUT2D eigenvalue weighted by molar-refractivity contribution is -0.134. The molecule has 2 saturated heterocycles. The van der Waals surface area contributed by atoms with Gasteiger partial charge in [0.25, 0.3) is 0 Å². The van der Waals surface area contributed by atoms with Crippen LogP contribution in [0.3, 0.4) is 0 Å². The highest BCUT2D eigenvalue weighted by Gasteiger charge is 2.30. The second kappa shape index (κ2) is 7.92. The van der Waals surface area contributed by atoms with Crippen molar-refractivity contribution in [3.05, 3.63) is 23.9 Å². The fourth-order valence-electron chi connectivity index (χ4n) is 4.16. The smallest absolute Gasteiger partial charge is 0.236 e. The van der Waals surface area contributed by atoms with Gasteiger partial charge >= 0.3 is 0 Å². The van der Waals surface area contributed by atoms with Gasteiger partial charge in [-0.15, -0.1) is 0 Å². The lowest BCUT2D eigenvalue weighted by atomic mass is 9.91. The first-order valence-electron chi connectivity index (χ1n) is 10.1. The fraction of sp³-hybridized carbons (Fsp3) is 0.700. The average molecular weight is 358 g/mol. The molecule has 1 saturated carbocycles. The molecule has 3 aliphatic rings. The maximum atomic E-state index is 12.7. The van der Waals surface area contributed by atoms with E-state index in [4.69, 9.17) is 0 Å². The third-order valence-electron chi connectivity index (χ3n) is 6.21. The predicted molar refractivity (Wildman–Crippen MR) is 103 cm³/mol. The minimum Gasteiger partial charge on any atom is -0.354 e. The topological polar surface area (TPSA) is 42.9 Å². The van der Waals surface area contributed by atoms with E-state index >= 15 is 0 Å². The zero-order chi connectivity index (χ0) is 17.9. The molecule has 0 unspecified atom stereocenters. The Labute approximate surface area is 156 Å². The van der Waals surface area contributed by atoms with Crippen LogP contribution in [0.5, 0.6) is 0 Å². The number of nitrogens with zero attached hydrogens (tertiary/aromatic N) is 5. The molecule has 0 aromatic carbocycles. The summed E-state index contributed by atoms with van der Waals surface area (Å²) in [5.41, 5.74) is 1.19. The zero-order valence-corrected chi connectivity index (χ0v) is 15.9. The van der Waals surface area contributed by atoms with Gasteiger partial charge in [0.2, 0.25) is 5.91 Å². The fourth-order valence-corrected chi connectivity index (χ4v) is 4.16. The number of aromatic nitrogens is 1. The molecule has 1 aromatic heterocycles. The van der Waals surface area contributed by atoms with E-state index in [1.54, 1.807) is 0 Å². The number of aryl methyl sites for hydroxylation is 1. The van der Waals surface area contributed by atoms with E-state index in [1.807, 2.05) is 6.20 Å². The summed E-state index contributed by atoms with van der Waals surface area (Å²) in [4.78, 5) is 26.4. The van der Waals surface area contributed by atoms with E-state index in [0.717, 1.165) is 64.2 Å². The first kappa shape index (κ1) is 17.7. The summed E-state index contributed by atoms with van der Waals surface area (Å²) in [6, 6.07) is 5.01. The van der Waals surface area contributed by atoms with Crippen molar-refractivity contribution >= 4 is 11.7 Å². The summed E-state index contributed by atoms with van der Waals surface area (Å²) in [6.45, 7) is 10.3. The van der Waals surface area contributed by atoms with Crippen molar-refractivity contribution in [1.29, 1.82) is 0 Å². The molecule has 0 radical (unpaired) electrons. The molecule has 0 atom stereocenters. The van der Waals surface area contributed by atoms with Crippen LogP contribution in [-0.4, -0.2) is 90.5 Å². The van der Waals surface area contributed by atoms with Crippen LogP contribution in [0, 0.1) is 6.92 Å². The Bertz CT molecular complexity index is 599. The largest absolute Gasteiger partial charge is 0.354 e. The molecular weight excluding hydrogens is 326 g/mol. The molecule has 26 heavy (non-hydrogen) atoms. The molecule has 2 aliphatic heterocycles. The Kier molecular flexibility index (Phi) is 5.41. The van der Waals surface area contributed by atoms with Gasteiger partial charge < -0.3 is 9.80 Å². The van der Waals surface area contributed by atoms with E-state index in [9.17, 15) is 4.79 Å². The number of carbonyl (C=O) groups excluding carboxylic acids is 1. The Balaban J connectivity index is 1.20. The lowest BCUT2D eigenvalue weighted by Crippen LogP contribution is -2.56. The summed E-state index contributed by atoms with van der Waals surface area (Å²) in [5, 5.41) is 0. The van der Waals surface area contributed by atoms with E-state index < -0.39 is 0 Å². The van der Waals surface area contributed by atoms with Crippen LogP contribution in [0.4, 0.5) is 5.82 Å². The Morgan fingerprint density at radius 2 is 1.77 bits per heavy atom. The Morgan fingerprint density at radius 1 is 1.04 bits per heavy atom. The quantitative estimate of drug-likeness (QED) is 0.810. The molecule has 0 spiro atoms. The Morgan fingerprint density at radius 3 is 2.35 bits per heavy atom. The number of piperazine rings is 2. The maximum absolute atomic E-state index is 12.7. The number of hydrogen-bond acceptors (Lipinski definition) is 5. The highest BCUT2D eigenvalue weighted by atomic mass is 16.2. The number of rotatable bonds is 4. The van der Waals surface area contributed by atoms with Crippen LogP contribution < -0.4 is 4.90 Å². The molecule has 1 amide bonds. The molecule has 4 rings (SSSR count). The summed E-state index contributed by atoms with van der Waals surface area (Å²) < 4.78 is 0. The maximum Gasteiger partial charge on any atom is 0.236 e. The molecule has 0 N–H and O–H groups in total. The van der Waals surface area contributed by atoms with Crippen LogP contribution in [0.25, 0.3) is 0 Å². The van der Waals surface area contributed by atoms with Crippen molar-refractivity contribution in [2.45, 2.75) is 32.2 Å². The van der Waals surface area contributed by atoms with E-state index in [0.29, 0.717) is 12.5 Å². The van der Waals surface area contributed by atoms with Crippen LogP contribution >= 0.6 is 0 Å². The van der Waals surface area contributed by atoms with E-state index in [2.05, 4.69) is 43.6 Å². The monoisotopic (exact) mass is 357 g/mol. The normalized spacial score (nSPS) is 23.1. The highest BCUT2D eigenvalue weighted by molar-refractivity contribution is 5.78. The van der Waals surface area contributed by atoms with E-state index in [1.165, 1.54) is 24.8 Å². The van der Waals surface area contributed by atoms with Crippen LogP contribution in [-0.2, 0) is 4.79 Å². The molecule has 6 nitrogen and oxygen atoms in total. The minimum absolute atomic E-state index is 0.306. The first-order chi connectivity index (χ1) is 12.7. The number of amides is 1. The third-order valence-corrected chi connectivity index (χ3v) is 6.21. The average Bonchev–Trinajstić information content (AvgIpc) is 2.62. The minimum atomic E-state index is 0.306. The van der Waals surface area contributed by atoms with Crippen molar-refractivity contribution < 1.29 is 4.79 Å². The Hall–Kier alpha value is -1.66. The van der Waals surface area contributed by atoms with Crippen LogP contribution in [0.1, 0.15) is 24.8 Å². The number of pyridine rings is 1. The second-order valence-corrected chi connectivity index (χ2v) is 7.96. The summed E-state index contributed by atoms with van der Waals surface area (Å²) in [7, 11) is 0.